The number of rotatable bonds is 3. The van der Waals surface area contributed by atoms with Gasteiger partial charge < -0.3 is 10.3 Å². The molecule has 1 aromatic carbocycles. The van der Waals surface area contributed by atoms with Crippen LogP contribution >= 0.6 is 0 Å². The van der Waals surface area contributed by atoms with Crippen molar-refractivity contribution in [2.75, 3.05) is 5.32 Å². The lowest BCUT2D eigenvalue weighted by Crippen LogP contribution is -2.09. The fourth-order valence-corrected chi connectivity index (χ4v) is 1.92. The van der Waals surface area contributed by atoms with Crippen molar-refractivity contribution in [1.82, 2.24) is 15.0 Å². The summed E-state index contributed by atoms with van der Waals surface area (Å²) >= 11 is 0. The summed E-state index contributed by atoms with van der Waals surface area (Å²) < 4.78 is 0. The second-order valence-corrected chi connectivity index (χ2v) is 4.13. The first-order valence-corrected chi connectivity index (χ1v) is 5.95. The molecule has 0 saturated heterocycles. The highest BCUT2D eigenvalue weighted by molar-refractivity contribution is 5.85. The van der Waals surface area contributed by atoms with Crippen LogP contribution in [0.2, 0.25) is 0 Å². The number of pyridine rings is 1. The van der Waals surface area contributed by atoms with Crippen molar-refractivity contribution in [2.24, 2.45) is 0 Å². The Balaban J connectivity index is 1.95. The molecule has 0 spiro atoms. The molecule has 0 saturated carbocycles. The summed E-state index contributed by atoms with van der Waals surface area (Å²) in [7, 11) is 0. The molecule has 2 heterocycles. The first kappa shape index (κ1) is 11.4. The molecule has 19 heavy (non-hydrogen) atoms. The zero-order valence-electron chi connectivity index (χ0n) is 10.1. The van der Waals surface area contributed by atoms with Crippen molar-refractivity contribution >= 4 is 16.9 Å². The lowest BCUT2D eigenvalue weighted by atomic mass is 10.2. The van der Waals surface area contributed by atoms with Gasteiger partial charge in [0.25, 0.3) is 0 Å². The van der Waals surface area contributed by atoms with Crippen LogP contribution in [0.4, 0.5) is 5.82 Å². The SMILES string of the molecule is O=c1cc[nH]c2ncnc(NCc3ccccc3)c12. The van der Waals surface area contributed by atoms with Crippen LogP contribution in [0.15, 0.2) is 53.7 Å². The van der Waals surface area contributed by atoms with Crippen LogP contribution in [0, 0.1) is 0 Å². The quantitative estimate of drug-likeness (QED) is 0.747. The molecule has 0 aliphatic heterocycles. The van der Waals surface area contributed by atoms with Crippen LogP contribution in [0.3, 0.4) is 0 Å². The number of aromatic amines is 1. The molecule has 0 bridgehead atoms. The largest absolute Gasteiger partial charge is 0.365 e. The van der Waals surface area contributed by atoms with Gasteiger partial charge >= 0.3 is 0 Å². The summed E-state index contributed by atoms with van der Waals surface area (Å²) in [4.78, 5) is 23.0. The molecule has 0 radical (unpaired) electrons. The molecule has 0 unspecified atom stereocenters. The van der Waals surface area contributed by atoms with E-state index in [1.54, 1.807) is 6.20 Å². The molecular formula is C14H12N4O. The third-order valence-corrected chi connectivity index (χ3v) is 2.85. The minimum atomic E-state index is -0.0927. The molecule has 3 rings (SSSR count). The Bertz CT molecular complexity index is 747. The Hall–Kier alpha value is -2.69. The van der Waals surface area contributed by atoms with Gasteiger partial charge in [-0.05, 0) is 5.56 Å². The fraction of sp³-hybridized carbons (Fsp3) is 0.0714. The minimum absolute atomic E-state index is 0.0927. The van der Waals surface area contributed by atoms with Crippen LogP contribution in [0.5, 0.6) is 0 Å². The number of fused-ring (bicyclic) bond motifs is 1. The summed E-state index contributed by atoms with van der Waals surface area (Å²) in [5.41, 5.74) is 1.57. The van der Waals surface area contributed by atoms with Gasteiger partial charge in [-0.25, -0.2) is 9.97 Å². The summed E-state index contributed by atoms with van der Waals surface area (Å²) in [6.45, 7) is 0.612. The van der Waals surface area contributed by atoms with Crippen LogP contribution in [-0.2, 0) is 6.54 Å². The predicted molar refractivity (Wildman–Crippen MR) is 73.9 cm³/mol. The number of nitrogens with zero attached hydrogens (tertiary/aromatic N) is 2. The molecule has 0 aliphatic carbocycles. The number of anilines is 1. The molecule has 2 aromatic heterocycles. The van der Waals surface area contributed by atoms with Gasteiger partial charge in [0.2, 0.25) is 0 Å². The molecular weight excluding hydrogens is 240 g/mol. The smallest absolute Gasteiger partial charge is 0.194 e. The lowest BCUT2D eigenvalue weighted by Gasteiger charge is -2.07. The first-order valence-electron chi connectivity index (χ1n) is 5.95. The molecule has 5 nitrogen and oxygen atoms in total. The number of aromatic nitrogens is 3. The highest BCUT2D eigenvalue weighted by atomic mass is 16.1. The molecule has 0 amide bonds. The Morgan fingerprint density at radius 1 is 1.11 bits per heavy atom. The van der Waals surface area contributed by atoms with Gasteiger partial charge in [-0.3, -0.25) is 4.79 Å². The monoisotopic (exact) mass is 252 g/mol. The van der Waals surface area contributed by atoms with Gasteiger partial charge in [-0.15, -0.1) is 0 Å². The molecule has 0 fully saturated rings. The summed E-state index contributed by atoms with van der Waals surface area (Å²) in [5.74, 6) is 0.552. The van der Waals surface area contributed by atoms with E-state index in [4.69, 9.17) is 0 Å². The van der Waals surface area contributed by atoms with Crippen LogP contribution in [0.1, 0.15) is 5.56 Å². The molecule has 3 aromatic rings. The van der Waals surface area contributed by atoms with Crippen LogP contribution in [-0.4, -0.2) is 15.0 Å². The van der Waals surface area contributed by atoms with Gasteiger partial charge in [-0.2, -0.15) is 0 Å². The summed E-state index contributed by atoms with van der Waals surface area (Å²) in [5, 5.41) is 3.66. The maximum absolute atomic E-state index is 11.9. The van der Waals surface area contributed by atoms with Crippen molar-refractivity contribution < 1.29 is 0 Å². The molecule has 94 valence electrons. The Morgan fingerprint density at radius 3 is 2.79 bits per heavy atom. The number of hydrogen-bond acceptors (Lipinski definition) is 4. The second-order valence-electron chi connectivity index (χ2n) is 4.13. The maximum Gasteiger partial charge on any atom is 0.194 e. The fourth-order valence-electron chi connectivity index (χ4n) is 1.92. The van der Waals surface area contributed by atoms with Crippen LogP contribution in [0.25, 0.3) is 11.0 Å². The van der Waals surface area contributed by atoms with E-state index >= 15 is 0 Å². The molecule has 2 N–H and O–H groups in total. The number of nitrogens with one attached hydrogen (secondary N) is 2. The van der Waals surface area contributed by atoms with Crippen molar-refractivity contribution in [3.63, 3.8) is 0 Å². The third-order valence-electron chi connectivity index (χ3n) is 2.85. The second kappa shape index (κ2) is 4.89. The highest BCUT2D eigenvalue weighted by Crippen LogP contribution is 2.13. The highest BCUT2D eigenvalue weighted by Gasteiger charge is 2.06. The Morgan fingerprint density at radius 2 is 1.95 bits per heavy atom. The van der Waals surface area contributed by atoms with E-state index in [1.165, 1.54) is 12.4 Å². The minimum Gasteiger partial charge on any atom is -0.365 e. The first-order chi connectivity index (χ1) is 9.34. The summed E-state index contributed by atoms with van der Waals surface area (Å²) in [6, 6.07) is 11.4. The number of hydrogen-bond donors (Lipinski definition) is 2. The zero-order valence-corrected chi connectivity index (χ0v) is 10.1. The average Bonchev–Trinajstić information content (AvgIpc) is 2.46. The van der Waals surface area contributed by atoms with Crippen molar-refractivity contribution in [3.05, 3.63) is 64.7 Å². The van der Waals surface area contributed by atoms with Crippen molar-refractivity contribution in [2.45, 2.75) is 6.54 Å². The van der Waals surface area contributed by atoms with E-state index in [0.717, 1.165) is 5.56 Å². The third kappa shape index (κ3) is 2.30. The predicted octanol–water partition coefficient (Wildman–Crippen LogP) is 1.93. The van der Waals surface area contributed by atoms with Gasteiger partial charge in [0, 0.05) is 18.8 Å². The van der Waals surface area contributed by atoms with Gasteiger partial charge in [0.05, 0.1) is 0 Å². The number of H-pyrrole nitrogens is 1. The van der Waals surface area contributed by atoms with Crippen molar-refractivity contribution in [1.29, 1.82) is 0 Å². The van der Waals surface area contributed by atoms with Gasteiger partial charge in [-0.1, -0.05) is 30.3 Å². The van der Waals surface area contributed by atoms with Crippen LogP contribution < -0.4 is 10.7 Å². The average molecular weight is 252 g/mol. The zero-order chi connectivity index (χ0) is 13.1. The molecule has 0 aliphatic rings. The normalized spacial score (nSPS) is 10.5. The molecule has 5 heteroatoms. The van der Waals surface area contributed by atoms with E-state index in [9.17, 15) is 4.79 Å². The summed E-state index contributed by atoms with van der Waals surface area (Å²) in [6.07, 6.45) is 3.02. The Labute approximate surface area is 109 Å². The van der Waals surface area contributed by atoms with E-state index in [0.29, 0.717) is 23.4 Å². The Kier molecular flexibility index (Phi) is 2.94. The van der Waals surface area contributed by atoms with Gasteiger partial charge in [0.15, 0.2) is 5.43 Å². The van der Waals surface area contributed by atoms with E-state index in [-0.39, 0.29) is 5.43 Å². The standard InChI is InChI=1S/C14H12N4O/c19-11-6-7-15-13-12(11)14(18-9-17-13)16-8-10-4-2-1-3-5-10/h1-7,9H,8H2,(H2,15,16,17,18,19). The van der Waals surface area contributed by atoms with E-state index < -0.39 is 0 Å². The number of benzene rings is 1. The van der Waals surface area contributed by atoms with Gasteiger partial charge in [0.1, 0.15) is 23.2 Å². The van der Waals surface area contributed by atoms with E-state index in [1.807, 2.05) is 30.3 Å². The molecule has 0 atom stereocenters. The topological polar surface area (TPSA) is 70.7 Å². The van der Waals surface area contributed by atoms with Crippen molar-refractivity contribution in [3.8, 4) is 0 Å². The van der Waals surface area contributed by atoms with E-state index in [2.05, 4.69) is 20.3 Å². The lowest BCUT2D eigenvalue weighted by molar-refractivity contribution is 1.09. The maximum atomic E-state index is 11.9.